The first kappa shape index (κ1) is 15.5. The van der Waals surface area contributed by atoms with Crippen LogP contribution in [0.5, 0.6) is 0 Å². The summed E-state index contributed by atoms with van der Waals surface area (Å²) < 4.78 is 11.1. The first-order chi connectivity index (χ1) is 9.66. The first-order valence-corrected chi connectivity index (χ1v) is 9.26. The second-order valence-electron chi connectivity index (χ2n) is 5.67. The van der Waals surface area contributed by atoms with Crippen LogP contribution in [0.1, 0.15) is 31.7 Å². The predicted molar refractivity (Wildman–Crippen MR) is 87.7 cm³/mol. The van der Waals surface area contributed by atoms with Gasteiger partial charge in [-0.1, -0.05) is 18.2 Å². The number of para-hydroxylation sites is 1. The topological polar surface area (TPSA) is 32.3 Å². The van der Waals surface area contributed by atoms with Crippen LogP contribution in [-0.2, 0) is 17.3 Å². The van der Waals surface area contributed by atoms with E-state index in [9.17, 15) is 4.21 Å². The Hall–Kier alpha value is -0.870. The Morgan fingerprint density at radius 2 is 2.00 bits per heavy atom. The van der Waals surface area contributed by atoms with Crippen molar-refractivity contribution >= 4 is 16.5 Å². The van der Waals surface area contributed by atoms with Crippen LogP contribution in [0.4, 0.5) is 5.69 Å². The molecule has 0 aromatic heterocycles. The summed E-state index contributed by atoms with van der Waals surface area (Å²) in [5.74, 6) is 0.780. The van der Waals surface area contributed by atoms with Gasteiger partial charge in [0.05, 0.1) is 0 Å². The lowest BCUT2D eigenvalue weighted by Gasteiger charge is -2.22. The van der Waals surface area contributed by atoms with E-state index >= 15 is 0 Å². The minimum absolute atomic E-state index is 0.408. The molecule has 2 unspecified atom stereocenters. The average Bonchev–Trinajstić information content (AvgIpc) is 2.97. The van der Waals surface area contributed by atoms with Gasteiger partial charge in [0.2, 0.25) is 0 Å². The Balaban J connectivity index is 1.90. The van der Waals surface area contributed by atoms with Crippen LogP contribution >= 0.6 is 0 Å². The normalized spacial score (nSPS) is 18.2. The Morgan fingerprint density at radius 1 is 1.30 bits per heavy atom. The molecule has 1 aromatic rings. The Morgan fingerprint density at radius 3 is 2.70 bits per heavy atom. The van der Waals surface area contributed by atoms with E-state index in [1.165, 1.54) is 37.2 Å². The number of hydrogen-bond donors (Lipinski definition) is 1. The summed E-state index contributed by atoms with van der Waals surface area (Å²) in [5, 5.41) is 3.56. The number of hydrogen-bond acceptors (Lipinski definition) is 3. The van der Waals surface area contributed by atoms with Crippen molar-refractivity contribution in [1.82, 2.24) is 5.32 Å². The minimum atomic E-state index is -0.689. The fourth-order valence-electron chi connectivity index (χ4n) is 2.66. The van der Waals surface area contributed by atoms with E-state index in [1.54, 1.807) is 6.26 Å². The zero-order valence-electron chi connectivity index (χ0n) is 12.6. The molecule has 1 aliphatic heterocycles. The van der Waals surface area contributed by atoms with Gasteiger partial charge in [-0.2, -0.15) is 0 Å². The highest BCUT2D eigenvalue weighted by Crippen LogP contribution is 2.24. The molecule has 2 atom stereocenters. The van der Waals surface area contributed by atoms with Gasteiger partial charge in [-0.25, -0.2) is 0 Å². The van der Waals surface area contributed by atoms with Gasteiger partial charge in [0, 0.05) is 54.2 Å². The number of nitrogens with one attached hydrogen (secondary N) is 1. The summed E-state index contributed by atoms with van der Waals surface area (Å²) in [6, 6.07) is 9.09. The summed E-state index contributed by atoms with van der Waals surface area (Å²) in [7, 11) is -0.689. The quantitative estimate of drug-likeness (QED) is 0.839. The van der Waals surface area contributed by atoms with Crippen molar-refractivity contribution in [3.63, 3.8) is 0 Å². The molecule has 1 aliphatic rings. The summed E-state index contributed by atoms with van der Waals surface area (Å²) >= 11 is 0. The largest absolute Gasteiger partial charge is 0.371 e. The predicted octanol–water partition coefficient (Wildman–Crippen LogP) is 2.53. The van der Waals surface area contributed by atoms with Gasteiger partial charge in [0.15, 0.2) is 0 Å². The second-order valence-corrected chi connectivity index (χ2v) is 7.23. The lowest BCUT2D eigenvalue weighted by Crippen LogP contribution is -2.28. The third-order valence-corrected chi connectivity index (χ3v) is 4.73. The molecule has 112 valence electrons. The van der Waals surface area contributed by atoms with E-state index < -0.39 is 10.8 Å². The van der Waals surface area contributed by atoms with Gasteiger partial charge in [-0.15, -0.1) is 0 Å². The second kappa shape index (κ2) is 7.79. The fourth-order valence-corrected chi connectivity index (χ4v) is 3.34. The van der Waals surface area contributed by atoms with E-state index in [1.807, 2.05) is 0 Å². The van der Waals surface area contributed by atoms with Crippen molar-refractivity contribution in [2.75, 3.05) is 30.0 Å². The molecule has 2 rings (SSSR count). The molecule has 0 radical (unpaired) electrons. The summed E-state index contributed by atoms with van der Waals surface area (Å²) in [5.41, 5.74) is 2.75. The highest BCUT2D eigenvalue weighted by atomic mass is 32.2. The Kier molecular flexibility index (Phi) is 6.05. The molecule has 0 spiro atoms. The van der Waals surface area contributed by atoms with E-state index in [4.69, 9.17) is 0 Å². The SMILES string of the molecule is CC(CCS(C)=O)NCc1ccccc1N1CCCC1. The molecule has 1 saturated heterocycles. The third-order valence-electron chi connectivity index (χ3n) is 3.92. The van der Waals surface area contributed by atoms with Crippen molar-refractivity contribution in [3.05, 3.63) is 29.8 Å². The van der Waals surface area contributed by atoms with E-state index in [2.05, 4.69) is 41.4 Å². The molecule has 1 aromatic carbocycles. The number of anilines is 1. The maximum atomic E-state index is 11.1. The molecule has 1 N–H and O–H groups in total. The first-order valence-electron chi connectivity index (χ1n) is 7.53. The van der Waals surface area contributed by atoms with Crippen LogP contribution in [0, 0.1) is 0 Å². The number of rotatable bonds is 7. The Bertz CT molecular complexity index is 444. The van der Waals surface area contributed by atoms with Gasteiger partial charge >= 0.3 is 0 Å². The molecule has 3 nitrogen and oxygen atoms in total. The van der Waals surface area contributed by atoms with E-state index in [0.29, 0.717) is 6.04 Å². The molecule has 1 fully saturated rings. The fraction of sp³-hybridized carbons (Fsp3) is 0.625. The molecule has 1 heterocycles. The monoisotopic (exact) mass is 294 g/mol. The molecule has 0 amide bonds. The van der Waals surface area contributed by atoms with Gasteiger partial charge in [-0.05, 0) is 37.8 Å². The minimum Gasteiger partial charge on any atom is -0.371 e. The van der Waals surface area contributed by atoms with Gasteiger partial charge in [0.25, 0.3) is 0 Å². The van der Waals surface area contributed by atoms with Gasteiger partial charge in [-0.3, -0.25) is 4.21 Å². The molecule has 0 bridgehead atoms. The standard InChI is InChI=1S/C16H26N2OS/c1-14(9-12-20(2)19)17-13-15-7-3-4-8-16(15)18-10-5-6-11-18/h3-4,7-8,14,17H,5-6,9-13H2,1-2H3. The lowest BCUT2D eigenvalue weighted by molar-refractivity contribution is 0.534. The summed E-state index contributed by atoms with van der Waals surface area (Å²) in [6.45, 7) is 5.43. The van der Waals surface area contributed by atoms with Crippen molar-refractivity contribution in [3.8, 4) is 0 Å². The Labute approximate surface area is 125 Å². The van der Waals surface area contributed by atoms with Crippen LogP contribution in [0.2, 0.25) is 0 Å². The molecule has 20 heavy (non-hydrogen) atoms. The summed E-state index contributed by atoms with van der Waals surface area (Å²) in [6.07, 6.45) is 5.35. The maximum Gasteiger partial charge on any atom is 0.0411 e. The highest BCUT2D eigenvalue weighted by Gasteiger charge is 2.15. The van der Waals surface area contributed by atoms with Crippen LogP contribution in [0.15, 0.2) is 24.3 Å². The van der Waals surface area contributed by atoms with Crippen LogP contribution < -0.4 is 10.2 Å². The van der Waals surface area contributed by atoms with E-state index in [-0.39, 0.29) is 0 Å². The molecular weight excluding hydrogens is 268 g/mol. The highest BCUT2D eigenvalue weighted by molar-refractivity contribution is 7.84. The van der Waals surface area contributed by atoms with Crippen LogP contribution in [-0.4, -0.2) is 35.3 Å². The molecule has 0 aliphatic carbocycles. The molecule has 0 saturated carbocycles. The van der Waals surface area contributed by atoms with Crippen LogP contribution in [0.25, 0.3) is 0 Å². The smallest absolute Gasteiger partial charge is 0.0411 e. The van der Waals surface area contributed by atoms with Gasteiger partial charge < -0.3 is 10.2 Å². The average molecular weight is 294 g/mol. The van der Waals surface area contributed by atoms with Crippen molar-refractivity contribution in [1.29, 1.82) is 0 Å². The number of benzene rings is 1. The zero-order chi connectivity index (χ0) is 14.4. The molecular formula is C16H26N2OS. The number of nitrogens with zero attached hydrogens (tertiary/aromatic N) is 1. The third kappa shape index (κ3) is 4.60. The lowest BCUT2D eigenvalue weighted by atomic mass is 10.1. The summed E-state index contributed by atoms with van der Waals surface area (Å²) in [4.78, 5) is 2.49. The van der Waals surface area contributed by atoms with Crippen molar-refractivity contribution in [2.24, 2.45) is 0 Å². The van der Waals surface area contributed by atoms with Crippen molar-refractivity contribution in [2.45, 2.75) is 38.8 Å². The van der Waals surface area contributed by atoms with Crippen LogP contribution in [0.3, 0.4) is 0 Å². The zero-order valence-corrected chi connectivity index (χ0v) is 13.4. The van der Waals surface area contributed by atoms with Crippen molar-refractivity contribution < 1.29 is 4.21 Å². The maximum absolute atomic E-state index is 11.1. The van der Waals surface area contributed by atoms with E-state index in [0.717, 1.165) is 18.7 Å². The van der Waals surface area contributed by atoms with Gasteiger partial charge in [0.1, 0.15) is 0 Å². The molecule has 4 heteroatoms.